The highest BCUT2D eigenvalue weighted by Crippen LogP contribution is 2.16. The van der Waals surface area contributed by atoms with E-state index < -0.39 is 15.9 Å². The maximum Gasteiger partial charge on any atom is 0.271 e. The van der Waals surface area contributed by atoms with Crippen LogP contribution in [-0.2, 0) is 14.8 Å². The molecule has 0 heterocycles. The Labute approximate surface area is 210 Å². The van der Waals surface area contributed by atoms with Crippen LogP contribution in [0.4, 0.5) is 5.69 Å². The Hall–Kier alpha value is -4.18. The van der Waals surface area contributed by atoms with E-state index in [4.69, 9.17) is 4.74 Å². The summed E-state index contributed by atoms with van der Waals surface area (Å²) in [7, 11) is -1.94. The molecule has 0 unspecified atom stereocenters. The van der Waals surface area contributed by atoms with Crippen LogP contribution in [0.5, 0.6) is 5.75 Å². The number of benzene rings is 3. The standard InChI is InChI=1S/C26H28N4O5S/c1-19(21-7-5-4-6-8-21)28-25(31)18-35-24-15-9-20(10-16-24)17-27-29-26(32)22-11-13-23(14-12-22)30(2)36(3,33)34/h4-17,19H,18H2,1-3H3,(H,28,31)(H,29,32)/b27-17-/t19-/m0/s1. The van der Waals surface area contributed by atoms with Gasteiger partial charge in [-0.15, -0.1) is 0 Å². The molecule has 9 nitrogen and oxygen atoms in total. The second-order valence-corrected chi connectivity index (χ2v) is 10.0. The third-order valence-electron chi connectivity index (χ3n) is 5.30. The molecule has 0 aromatic heterocycles. The lowest BCUT2D eigenvalue weighted by atomic mass is 10.1. The van der Waals surface area contributed by atoms with Gasteiger partial charge in [0, 0.05) is 12.6 Å². The van der Waals surface area contributed by atoms with E-state index in [2.05, 4.69) is 15.8 Å². The van der Waals surface area contributed by atoms with Crippen molar-refractivity contribution in [3.8, 4) is 5.75 Å². The molecular formula is C26H28N4O5S. The number of anilines is 1. The highest BCUT2D eigenvalue weighted by Gasteiger charge is 2.13. The summed E-state index contributed by atoms with van der Waals surface area (Å²) in [5.74, 6) is -0.135. The molecule has 0 fully saturated rings. The summed E-state index contributed by atoms with van der Waals surface area (Å²) in [6, 6.07) is 22.6. The quantitative estimate of drug-likeness (QED) is 0.322. The summed E-state index contributed by atoms with van der Waals surface area (Å²) < 4.78 is 29.9. The van der Waals surface area contributed by atoms with Gasteiger partial charge in [0.25, 0.3) is 11.8 Å². The van der Waals surface area contributed by atoms with Gasteiger partial charge in [-0.25, -0.2) is 13.8 Å². The SMILES string of the molecule is C[C@H](NC(=O)COc1ccc(/C=N\NC(=O)c2ccc(N(C)S(C)(=O)=O)cc2)cc1)c1ccccc1. The average molecular weight is 509 g/mol. The highest BCUT2D eigenvalue weighted by atomic mass is 32.2. The molecule has 0 saturated carbocycles. The molecule has 0 aliphatic carbocycles. The third-order valence-corrected chi connectivity index (χ3v) is 6.50. The maximum atomic E-state index is 12.3. The highest BCUT2D eigenvalue weighted by molar-refractivity contribution is 7.92. The molecule has 0 radical (unpaired) electrons. The maximum absolute atomic E-state index is 12.3. The fourth-order valence-corrected chi connectivity index (χ4v) is 3.66. The summed E-state index contributed by atoms with van der Waals surface area (Å²) in [5.41, 5.74) is 4.94. The number of amides is 2. The van der Waals surface area contributed by atoms with Crippen molar-refractivity contribution in [2.45, 2.75) is 13.0 Å². The molecule has 2 N–H and O–H groups in total. The van der Waals surface area contributed by atoms with Crippen molar-refractivity contribution in [2.75, 3.05) is 24.2 Å². The van der Waals surface area contributed by atoms with Crippen LogP contribution in [0.2, 0.25) is 0 Å². The van der Waals surface area contributed by atoms with Crippen LogP contribution in [0.3, 0.4) is 0 Å². The summed E-state index contributed by atoms with van der Waals surface area (Å²) in [6.45, 7) is 1.80. The van der Waals surface area contributed by atoms with Crippen LogP contribution in [0.15, 0.2) is 84.0 Å². The first-order chi connectivity index (χ1) is 17.1. The largest absolute Gasteiger partial charge is 0.484 e. The Balaban J connectivity index is 1.46. The first-order valence-corrected chi connectivity index (χ1v) is 12.9. The van der Waals surface area contributed by atoms with E-state index in [1.54, 1.807) is 36.4 Å². The van der Waals surface area contributed by atoms with Crippen molar-refractivity contribution in [2.24, 2.45) is 5.10 Å². The lowest BCUT2D eigenvalue weighted by Gasteiger charge is -2.16. The van der Waals surface area contributed by atoms with Gasteiger partial charge >= 0.3 is 0 Å². The molecule has 3 aromatic carbocycles. The number of nitrogens with zero attached hydrogens (tertiary/aromatic N) is 2. The number of rotatable bonds is 10. The Bertz CT molecular complexity index is 1310. The van der Waals surface area contributed by atoms with Crippen LogP contribution in [0.1, 0.15) is 34.5 Å². The number of carbonyl (C=O) groups excluding carboxylic acids is 2. The molecule has 3 rings (SSSR count). The molecule has 36 heavy (non-hydrogen) atoms. The minimum Gasteiger partial charge on any atom is -0.484 e. The van der Waals surface area contributed by atoms with Gasteiger partial charge in [-0.1, -0.05) is 30.3 Å². The zero-order chi connectivity index (χ0) is 26.1. The predicted octanol–water partition coefficient (Wildman–Crippen LogP) is 3.10. The third kappa shape index (κ3) is 7.67. The topological polar surface area (TPSA) is 117 Å². The first kappa shape index (κ1) is 26.4. The minimum absolute atomic E-state index is 0.112. The summed E-state index contributed by atoms with van der Waals surface area (Å²) >= 11 is 0. The first-order valence-electron chi connectivity index (χ1n) is 11.1. The number of hydrazone groups is 1. The van der Waals surface area contributed by atoms with Gasteiger partial charge in [-0.05, 0) is 66.6 Å². The lowest BCUT2D eigenvalue weighted by Crippen LogP contribution is -2.31. The van der Waals surface area contributed by atoms with E-state index in [0.717, 1.165) is 21.7 Å². The van der Waals surface area contributed by atoms with Gasteiger partial charge < -0.3 is 10.1 Å². The second-order valence-electron chi connectivity index (χ2n) is 8.03. The van der Waals surface area contributed by atoms with E-state index in [9.17, 15) is 18.0 Å². The smallest absolute Gasteiger partial charge is 0.271 e. The molecule has 0 saturated heterocycles. The number of nitrogens with one attached hydrogen (secondary N) is 2. The molecule has 3 aromatic rings. The van der Waals surface area contributed by atoms with Crippen LogP contribution in [-0.4, -0.2) is 46.4 Å². The Morgan fingerprint density at radius 2 is 1.64 bits per heavy atom. The molecular weight excluding hydrogens is 480 g/mol. The Morgan fingerprint density at radius 3 is 2.25 bits per heavy atom. The monoisotopic (exact) mass is 508 g/mol. The molecule has 0 aliphatic heterocycles. The van der Waals surface area contributed by atoms with Crippen molar-refractivity contribution >= 4 is 33.7 Å². The van der Waals surface area contributed by atoms with Crippen molar-refractivity contribution in [3.05, 3.63) is 95.6 Å². The fourth-order valence-electron chi connectivity index (χ4n) is 3.15. The van der Waals surface area contributed by atoms with E-state index >= 15 is 0 Å². The van der Waals surface area contributed by atoms with Gasteiger partial charge in [-0.2, -0.15) is 5.10 Å². The number of carbonyl (C=O) groups is 2. The molecule has 10 heteroatoms. The van der Waals surface area contributed by atoms with E-state index in [-0.39, 0.29) is 18.6 Å². The van der Waals surface area contributed by atoms with Gasteiger partial charge in [0.1, 0.15) is 5.75 Å². The Kier molecular flexibility index (Phi) is 8.80. The van der Waals surface area contributed by atoms with Gasteiger partial charge in [-0.3, -0.25) is 13.9 Å². The van der Waals surface area contributed by atoms with Crippen LogP contribution < -0.4 is 19.8 Å². The zero-order valence-electron chi connectivity index (χ0n) is 20.2. The van der Waals surface area contributed by atoms with Gasteiger partial charge in [0.15, 0.2) is 6.61 Å². The molecule has 1 atom stereocenters. The number of ether oxygens (including phenoxy) is 1. The molecule has 0 spiro atoms. The predicted molar refractivity (Wildman–Crippen MR) is 140 cm³/mol. The molecule has 2 amide bonds. The normalized spacial score (nSPS) is 12.1. The minimum atomic E-state index is -3.38. The summed E-state index contributed by atoms with van der Waals surface area (Å²) in [5, 5.41) is 6.83. The number of sulfonamides is 1. The summed E-state index contributed by atoms with van der Waals surface area (Å²) in [4.78, 5) is 24.4. The van der Waals surface area contributed by atoms with Crippen LogP contribution in [0, 0.1) is 0 Å². The van der Waals surface area contributed by atoms with Crippen LogP contribution >= 0.6 is 0 Å². The molecule has 0 aliphatic rings. The van der Waals surface area contributed by atoms with Gasteiger partial charge in [0.05, 0.1) is 24.2 Å². The fraction of sp³-hybridized carbons (Fsp3) is 0.192. The van der Waals surface area contributed by atoms with E-state index in [0.29, 0.717) is 17.0 Å². The number of hydrogen-bond donors (Lipinski definition) is 2. The number of hydrogen-bond acceptors (Lipinski definition) is 6. The average Bonchev–Trinajstić information content (AvgIpc) is 2.87. The molecule has 188 valence electrons. The van der Waals surface area contributed by atoms with E-state index in [1.165, 1.54) is 25.4 Å². The summed E-state index contributed by atoms with van der Waals surface area (Å²) in [6.07, 6.45) is 2.58. The van der Waals surface area contributed by atoms with Crippen molar-refractivity contribution < 1.29 is 22.7 Å². The van der Waals surface area contributed by atoms with Crippen molar-refractivity contribution in [1.29, 1.82) is 0 Å². The van der Waals surface area contributed by atoms with Crippen LogP contribution in [0.25, 0.3) is 0 Å². The Morgan fingerprint density at radius 1 is 1.00 bits per heavy atom. The molecule has 0 bridgehead atoms. The zero-order valence-corrected chi connectivity index (χ0v) is 21.0. The van der Waals surface area contributed by atoms with E-state index in [1.807, 2.05) is 37.3 Å². The van der Waals surface area contributed by atoms with Crippen molar-refractivity contribution in [1.82, 2.24) is 10.7 Å². The second kappa shape index (κ2) is 12.0. The lowest BCUT2D eigenvalue weighted by molar-refractivity contribution is -0.123. The van der Waals surface area contributed by atoms with Crippen molar-refractivity contribution in [3.63, 3.8) is 0 Å². The van der Waals surface area contributed by atoms with Gasteiger partial charge in [0.2, 0.25) is 10.0 Å².